The van der Waals surface area contributed by atoms with Gasteiger partial charge in [0.05, 0.1) is 6.54 Å². The number of nitrogens with zero attached hydrogens (tertiary/aromatic N) is 7. The third-order valence-electron chi connectivity index (χ3n) is 4.90. The molecule has 0 aliphatic carbocycles. The van der Waals surface area contributed by atoms with Gasteiger partial charge in [-0.25, -0.2) is 14.6 Å². The molecular formula is C19H23N9O2. The van der Waals surface area contributed by atoms with Crippen molar-refractivity contribution >= 4 is 40.2 Å². The first-order valence-electron chi connectivity index (χ1n) is 9.65. The van der Waals surface area contributed by atoms with Gasteiger partial charge in [-0.1, -0.05) is 5.21 Å². The second kappa shape index (κ2) is 8.41. The Morgan fingerprint density at radius 2 is 1.67 bits per heavy atom. The summed E-state index contributed by atoms with van der Waals surface area (Å²) in [6.07, 6.45) is 1.53. The molecule has 2 aromatic heterocycles. The summed E-state index contributed by atoms with van der Waals surface area (Å²) in [5.41, 5.74) is 2.78. The van der Waals surface area contributed by atoms with E-state index in [0.29, 0.717) is 29.1 Å². The maximum absolute atomic E-state index is 12.4. The molecule has 4 rings (SSSR count). The summed E-state index contributed by atoms with van der Waals surface area (Å²) < 4.78 is 1.63. The van der Waals surface area contributed by atoms with Crippen molar-refractivity contribution in [3.05, 3.63) is 30.6 Å². The fourth-order valence-corrected chi connectivity index (χ4v) is 3.43. The molecule has 2 amide bonds. The van der Waals surface area contributed by atoms with Gasteiger partial charge in [0, 0.05) is 51.5 Å². The molecule has 0 spiro atoms. The number of piperazine rings is 1. The molecule has 3 aromatic rings. The van der Waals surface area contributed by atoms with Crippen LogP contribution in [0.4, 0.5) is 17.2 Å². The van der Waals surface area contributed by atoms with Gasteiger partial charge < -0.3 is 15.5 Å². The largest absolute Gasteiger partial charge is 0.352 e. The van der Waals surface area contributed by atoms with Gasteiger partial charge in [0.15, 0.2) is 17.0 Å². The second-order valence-electron chi connectivity index (χ2n) is 7.15. The standard InChI is InChI=1S/C19H23N9O2/c1-13(29)22-14-3-5-15(6-4-14)23-16(30)11-27-7-9-28(10-8-27)19-17-18(20-12-21-19)26(2)25-24-17/h3-6,12H,7-11H2,1-2H3,(H,22,29)(H,23,30). The number of hydrogen-bond acceptors (Lipinski definition) is 8. The molecule has 2 N–H and O–H groups in total. The predicted molar refractivity (Wildman–Crippen MR) is 112 cm³/mol. The number of aromatic nitrogens is 5. The lowest BCUT2D eigenvalue weighted by atomic mass is 10.2. The van der Waals surface area contributed by atoms with E-state index in [1.165, 1.54) is 13.3 Å². The first-order valence-corrected chi connectivity index (χ1v) is 9.65. The minimum absolute atomic E-state index is 0.0749. The van der Waals surface area contributed by atoms with Crippen LogP contribution in [0.25, 0.3) is 11.2 Å². The van der Waals surface area contributed by atoms with Gasteiger partial charge in [0.25, 0.3) is 0 Å². The Morgan fingerprint density at radius 1 is 1.00 bits per heavy atom. The van der Waals surface area contributed by atoms with Crippen LogP contribution < -0.4 is 15.5 Å². The van der Waals surface area contributed by atoms with E-state index in [2.05, 4.69) is 40.7 Å². The average molecular weight is 409 g/mol. The Labute approximate surface area is 173 Å². The van der Waals surface area contributed by atoms with Crippen LogP contribution in [0.2, 0.25) is 0 Å². The predicted octanol–water partition coefficient (Wildman–Crippen LogP) is 0.477. The first-order chi connectivity index (χ1) is 14.5. The Hall–Kier alpha value is -3.60. The molecule has 1 aliphatic rings. The van der Waals surface area contributed by atoms with E-state index >= 15 is 0 Å². The van der Waals surface area contributed by atoms with E-state index in [9.17, 15) is 9.59 Å². The van der Waals surface area contributed by atoms with E-state index in [4.69, 9.17) is 0 Å². The van der Waals surface area contributed by atoms with Crippen molar-refractivity contribution in [2.24, 2.45) is 7.05 Å². The summed E-state index contributed by atoms with van der Waals surface area (Å²) in [5.74, 6) is 0.568. The molecule has 156 valence electrons. The number of amides is 2. The van der Waals surface area contributed by atoms with E-state index in [0.717, 1.165) is 32.0 Å². The number of hydrogen-bond donors (Lipinski definition) is 2. The van der Waals surface area contributed by atoms with Gasteiger partial charge in [0.1, 0.15) is 6.33 Å². The summed E-state index contributed by atoms with van der Waals surface area (Å²) in [7, 11) is 1.80. The van der Waals surface area contributed by atoms with Crippen molar-refractivity contribution in [2.45, 2.75) is 6.92 Å². The van der Waals surface area contributed by atoms with Crippen molar-refractivity contribution in [1.29, 1.82) is 0 Å². The van der Waals surface area contributed by atoms with Crippen LogP contribution in [0, 0.1) is 0 Å². The molecule has 0 bridgehead atoms. The lowest BCUT2D eigenvalue weighted by Gasteiger charge is -2.34. The van der Waals surface area contributed by atoms with Crippen LogP contribution in [-0.4, -0.2) is 74.4 Å². The Kier molecular flexibility index (Phi) is 5.53. The molecule has 1 aliphatic heterocycles. The number of benzene rings is 1. The zero-order valence-electron chi connectivity index (χ0n) is 16.9. The molecule has 1 aromatic carbocycles. The second-order valence-corrected chi connectivity index (χ2v) is 7.15. The monoisotopic (exact) mass is 409 g/mol. The van der Waals surface area contributed by atoms with Gasteiger partial charge >= 0.3 is 0 Å². The molecule has 0 radical (unpaired) electrons. The smallest absolute Gasteiger partial charge is 0.238 e. The highest BCUT2D eigenvalue weighted by molar-refractivity contribution is 5.93. The van der Waals surface area contributed by atoms with Crippen molar-refractivity contribution in [3.8, 4) is 0 Å². The third-order valence-corrected chi connectivity index (χ3v) is 4.90. The van der Waals surface area contributed by atoms with Crippen LogP contribution in [0.5, 0.6) is 0 Å². The zero-order valence-corrected chi connectivity index (χ0v) is 16.9. The number of carbonyl (C=O) groups excluding carboxylic acids is 2. The summed E-state index contributed by atoms with van der Waals surface area (Å²) in [4.78, 5) is 36.3. The molecule has 1 fully saturated rings. The van der Waals surface area contributed by atoms with E-state index < -0.39 is 0 Å². The van der Waals surface area contributed by atoms with E-state index in [1.807, 2.05) is 0 Å². The molecule has 30 heavy (non-hydrogen) atoms. The quantitative estimate of drug-likeness (QED) is 0.624. The minimum Gasteiger partial charge on any atom is -0.352 e. The number of nitrogens with one attached hydrogen (secondary N) is 2. The highest BCUT2D eigenvalue weighted by Crippen LogP contribution is 2.21. The van der Waals surface area contributed by atoms with Crippen LogP contribution in [0.3, 0.4) is 0 Å². The summed E-state index contributed by atoms with van der Waals surface area (Å²) in [5, 5.41) is 13.8. The van der Waals surface area contributed by atoms with Gasteiger partial charge in [-0.05, 0) is 24.3 Å². The van der Waals surface area contributed by atoms with Gasteiger partial charge in [-0.2, -0.15) is 0 Å². The van der Waals surface area contributed by atoms with Crippen LogP contribution >= 0.6 is 0 Å². The normalized spacial score (nSPS) is 14.7. The highest BCUT2D eigenvalue weighted by atomic mass is 16.2. The maximum Gasteiger partial charge on any atom is 0.238 e. The van der Waals surface area contributed by atoms with Crippen molar-refractivity contribution < 1.29 is 9.59 Å². The number of anilines is 3. The molecule has 0 atom stereocenters. The van der Waals surface area contributed by atoms with E-state index in [1.54, 1.807) is 36.0 Å². The molecule has 1 saturated heterocycles. The lowest BCUT2D eigenvalue weighted by Crippen LogP contribution is -2.49. The molecule has 11 nitrogen and oxygen atoms in total. The Morgan fingerprint density at radius 3 is 2.33 bits per heavy atom. The van der Waals surface area contributed by atoms with Gasteiger partial charge in [0.2, 0.25) is 11.8 Å². The fourth-order valence-electron chi connectivity index (χ4n) is 3.43. The molecule has 3 heterocycles. The Balaban J connectivity index is 1.30. The van der Waals surface area contributed by atoms with Crippen molar-refractivity contribution in [1.82, 2.24) is 29.9 Å². The van der Waals surface area contributed by atoms with Crippen LogP contribution in [-0.2, 0) is 16.6 Å². The first kappa shape index (κ1) is 19.7. The summed E-state index contributed by atoms with van der Waals surface area (Å²) in [6.45, 7) is 4.71. The summed E-state index contributed by atoms with van der Waals surface area (Å²) in [6, 6.07) is 7.04. The molecule has 0 unspecified atom stereocenters. The van der Waals surface area contributed by atoms with Crippen LogP contribution in [0.1, 0.15) is 6.92 Å². The fraction of sp³-hybridized carbons (Fsp3) is 0.368. The number of rotatable bonds is 5. The lowest BCUT2D eigenvalue weighted by molar-refractivity contribution is -0.117. The number of carbonyl (C=O) groups is 2. The SMILES string of the molecule is CC(=O)Nc1ccc(NC(=O)CN2CCN(c3ncnc4c3nnn4C)CC2)cc1. The summed E-state index contributed by atoms with van der Waals surface area (Å²) >= 11 is 0. The Bertz CT molecular complexity index is 1060. The van der Waals surface area contributed by atoms with Gasteiger partial charge in [-0.15, -0.1) is 5.10 Å². The topological polar surface area (TPSA) is 121 Å². The van der Waals surface area contributed by atoms with E-state index in [-0.39, 0.29) is 11.8 Å². The van der Waals surface area contributed by atoms with Crippen LogP contribution in [0.15, 0.2) is 30.6 Å². The third kappa shape index (κ3) is 4.35. The van der Waals surface area contributed by atoms with Gasteiger partial charge in [-0.3, -0.25) is 14.5 Å². The number of fused-ring (bicyclic) bond motifs is 1. The average Bonchev–Trinajstić information content (AvgIpc) is 3.11. The van der Waals surface area contributed by atoms with Crippen molar-refractivity contribution in [2.75, 3.05) is 48.3 Å². The molecule has 11 heteroatoms. The zero-order chi connectivity index (χ0) is 21.1. The minimum atomic E-state index is -0.132. The maximum atomic E-state index is 12.4. The number of aryl methyl sites for hydroxylation is 1. The van der Waals surface area contributed by atoms with Crippen molar-refractivity contribution in [3.63, 3.8) is 0 Å². The molecule has 0 saturated carbocycles. The highest BCUT2D eigenvalue weighted by Gasteiger charge is 2.23. The molecular weight excluding hydrogens is 386 g/mol.